The van der Waals surface area contributed by atoms with Gasteiger partial charge in [-0.3, -0.25) is 5.32 Å². The number of carbonyl (C=O) groups is 1. The number of benzene rings is 1. The topological polar surface area (TPSA) is 50.4 Å². The normalized spacial score (nSPS) is 27.7. The molecule has 138 valence electrons. The molecule has 1 aliphatic carbocycles. The van der Waals surface area contributed by atoms with Crippen LogP contribution in [0.2, 0.25) is 0 Å². The van der Waals surface area contributed by atoms with Gasteiger partial charge in [-0.2, -0.15) is 0 Å². The van der Waals surface area contributed by atoms with Gasteiger partial charge in [0.05, 0.1) is 17.2 Å². The highest BCUT2D eigenvalue weighted by atomic mass is 32.1. The molecule has 0 radical (unpaired) electrons. The van der Waals surface area contributed by atoms with E-state index in [9.17, 15) is 4.79 Å². The number of thiophene rings is 1. The molecule has 1 aromatic carbocycles. The van der Waals surface area contributed by atoms with Crippen molar-refractivity contribution in [3.05, 3.63) is 41.8 Å². The van der Waals surface area contributed by atoms with Crippen LogP contribution in [0.15, 0.2) is 41.8 Å². The predicted molar refractivity (Wildman–Crippen MR) is 106 cm³/mol. The van der Waals surface area contributed by atoms with Crippen LogP contribution in [0.4, 0.5) is 10.5 Å². The van der Waals surface area contributed by atoms with Crippen LogP contribution in [-0.4, -0.2) is 25.8 Å². The number of piperidine rings is 1. The van der Waals surface area contributed by atoms with Crippen molar-refractivity contribution in [3.63, 3.8) is 0 Å². The van der Waals surface area contributed by atoms with E-state index in [1.165, 1.54) is 12.8 Å². The molecular formula is C21H26N2O2S. The first-order chi connectivity index (χ1) is 12.7. The summed E-state index contributed by atoms with van der Waals surface area (Å²) in [6.45, 7) is 5.02. The molecule has 2 aromatic rings. The van der Waals surface area contributed by atoms with Crippen molar-refractivity contribution in [2.24, 2.45) is 23.7 Å². The fourth-order valence-electron chi connectivity index (χ4n) is 4.58. The van der Waals surface area contributed by atoms with E-state index >= 15 is 0 Å². The summed E-state index contributed by atoms with van der Waals surface area (Å²) < 4.78 is 5.63. The molecule has 0 spiro atoms. The number of nitrogens with one attached hydrogen (secondary N) is 2. The lowest BCUT2D eigenvalue weighted by molar-refractivity contribution is 0.0333. The summed E-state index contributed by atoms with van der Waals surface area (Å²) in [6.07, 6.45) is 2.16. The molecule has 4 atom stereocenters. The van der Waals surface area contributed by atoms with Crippen LogP contribution in [0.5, 0.6) is 0 Å². The Morgan fingerprint density at radius 2 is 2.08 bits per heavy atom. The average Bonchev–Trinajstić information content (AvgIpc) is 3.10. The first kappa shape index (κ1) is 17.6. The molecule has 1 amide bonds. The Balaban J connectivity index is 1.36. The molecule has 2 fully saturated rings. The largest absolute Gasteiger partial charge is 0.449 e. The number of ether oxygens (including phenoxy) is 1. The smallest absolute Gasteiger partial charge is 0.411 e. The molecule has 5 heteroatoms. The van der Waals surface area contributed by atoms with E-state index in [1.807, 2.05) is 29.6 Å². The summed E-state index contributed by atoms with van der Waals surface area (Å²) in [7, 11) is 0. The van der Waals surface area contributed by atoms with Gasteiger partial charge in [-0.25, -0.2) is 4.79 Å². The van der Waals surface area contributed by atoms with Crippen LogP contribution in [0.25, 0.3) is 10.4 Å². The number of carbonyl (C=O) groups excluding carboxylic acids is 1. The third kappa shape index (κ3) is 3.79. The van der Waals surface area contributed by atoms with E-state index in [2.05, 4.69) is 29.7 Å². The molecule has 2 heterocycles. The Morgan fingerprint density at radius 1 is 1.23 bits per heavy atom. The number of rotatable bonds is 4. The summed E-state index contributed by atoms with van der Waals surface area (Å²) >= 11 is 1.62. The molecular weight excluding hydrogens is 344 g/mol. The lowest BCUT2D eigenvalue weighted by atomic mass is 9.67. The van der Waals surface area contributed by atoms with Gasteiger partial charge in [0.2, 0.25) is 0 Å². The minimum Gasteiger partial charge on any atom is -0.449 e. The maximum Gasteiger partial charge on any atom is 0.411 e. The van der Waals surface area contributed by atoms with Crippen LogP contribution in [0, 0.1) is 23.7 Å². The van der Waals surface area contributed by atoms with Crippen molar-refractivity contribution in [3.8, 4) is 10.4 Å². The quantitative estimate of drug-likeness (QED) is 0.809. The molecule has 4 rings (SSSR count). The molecule has 2 N–H and O–H groups in total. The predicted octanol–water partition coefficient (Wildman–Crippen LogP) is 4.85. The molecule has 1 saturated heterocycles. The Kier molecular flexibility index (Phi) is 5.27. The van der Waals surface area contributed by atoms with Gasteiger partial charge >= 0.3 is 6.09 Å². The molecule has 26 heavy (non-hydrogen) atoms. The molecule has 2 bridgehead atoms. The maximum absolute atomic E-state index is 12.4. The van der Waals surface area contributed by atoms with Crippen LogP contribution < -0.4 is 10.6 Å². The van der Waals surface area contributed by atoms with E-state index in [-0.39, 0.29) is 6.09 Å². The Hall–Kier alpha value is -1.85. The lowest BCUT2D eigenvalue weighted by Crippen LogP contribution is -2.47. The zero-order valence-electron chi connectivity index (χ0n) is 15.1. The van der Waals surface area contributed by atoms with Crippen molar-refractivity contribution < 1.29 is 9.53 Å². The molecule has 1 aliphatic heterocycles. The molecule has 1 aromatic heterocycles. The van der Waals surface area contributed by atoms with Crippen molar-refractivity contribution >= 4 is 23.1 Å². The van der Waals surface area contributed by atoms with Gasteiger partial charge in [0.25, 0.3) is 0 Å². The van der Waals surface area contributed by atoms with Gasteiger partial charge < -0.3 is 10.1 Å². The number of hydrogen-bond donors (Lipinski definition) is 2. The second kappa shape index (κ2) is 7.80. The summed E-state index contributed by atoms with van der Waals surface area (Å²) in [5.41, 5.74) is 1.93. The third-order valence-corrected chi connectivity index (χ3v) is 6.83. The highest BCUT2D eigenvalue weighted by molar-refractivity contribution is 7.14. The van der Waals surface area contributed by atoms with Gasteiger partial charge in [0.1, 0.15) is 0 Å². The minimum atomic E-state index is -0.348. The van der Waals surface area contributed by atoms with E-state index in [0.717, 1.165) is 35.1 Å². The van der Waals surface area contributed by atoms with Crippen LogP contribution in [0.1, 0.15) is 19.8 Å². The number of anilines is 1. The van der Waals surface area contributed by atoms with Crippen LogP contribution in [0.3, 0.4) is 0 Å². The Bertz CT molecular complexity index is 743. The fraction of sp³-hybridized carbons (Fsp3) is 0.476. The molecule has 4 nitrogen and oxygen atoms in total. The molecule has 1 saturated carbocycles. The highest BCUT2D eigenvalue weighted by Gasteiger charge is 2.38. The van der Waals surface area contributed by atoms with E-state index in [1.54, 1.807) is 11.3 Å². The highest BCUT2D eigenvalue weighted by Crippen LogP contribution is 2.40. The molecule has 0 unspecified atom stereocenters. The van der Waals surface area contributed by atoms with Crippen molar-refractivity contribution in [2.45, 2.75) is 19.8 Å². The van der Waals surface area contributed by atoms with E-state index < -0.39 is 0 Å². The first-order valence-electron chi connectivity index (χ1n) is 9.48. The van der Waals surface area contributed by atoms with Crippen LogP contribution >= 0.6 is 11.3 Å². The fourth-order valence-corrected chi connectivity index (χ4v) is 5.44. The second-order valence-electron chi connectivity index (χ2n) is 7.65. The second-order valence-corrected chi connectivity index (χ2v) is 8.57. The Labute approximate surface area is 159 Å². The monoisotopic (exact) mass is 370 g/mol. The summed E-state index contributed by atoms with van der Waals surface area (Å²) in [5, 5.41) is 8.46. The first-order valence-corrected chi connectivity index (χ1v) is 10.4. The van der Waals surface area contributed by atoms with E-state index in [4.69, 9.17) is 4.74 Å². The van der Waals surface area contributed by atoms with Crippen molar-refractivity contribution in [1.82, 2.24) is 5.32 Å². The van der Waals surface area contributed by atoms with Gasteiger partial charge in [-0.1, -0.05) is 37.3 Å². The van der Waals surface area contributed by atoms with Crippen molar-refractivity contribution in [2.75, 3.05) is 25.0 Å². The summed E-state index contributed by atoms with van der Waals surface area (Å²) in [4.78, 5) is 13.4. The SMILES string of the molecule is C[C@H]1C[C@H]2CNC[C@H](C2)[C@@H]1COC(=O)Nc1ccsc1-c1ccccc1. The van der Waals surface area contributed by atoms with E-state index in [0.29, 0.717) is 24.4 Å². The standard InChI is InChI=1S/C21H26N2O2S/c1-14-9-15-10-17(12-22-11-15)18(14)13-25-21(24)23-19-7-8-26-20(19)16-5-3-2-4-6-16/h2-8,14-15,17-18,22H,9-13H2,1H3,(H,23,24)/t14-,15+,17-,18+/m0/s1. The van der Waals surface area contributed by atoms with Gasteiger partial charge in [-0.05, 0) is 66.6 Å². The number of amides is 1. The van der Waals surface area contributed by atoms with Crippen molar-refractivity contribution in [1.29, 1.82) is 0 Å². The number of hydrogen-bond acceptors (Lipinski definition) is 4. The average molecular weight is 371 g/mol. The summed E-state index contributed by atoms with van der Waals surface area (Å²) in [6, 6.07) is 12.1. The third-order valence-electron chi connectivity index (χ3n) is 5.86. The van der Waals surface area contributed by atoms with Gasteiger partial charge in [0, 0.05) is 0 Å². The zero-order chi connectivity index (χ0) is 17.9. The van der Waals surface area contributed by atoms with Gasteiger partial charge in [0.15, 0.2) is 0 Å². The number of fused-ring (bicyclic) bond motifs is 2. The molecule has 2 aliphatic rings. The lowest BCUT2D eigenvalue weighted by Gasteiger charge is -2.44. The Morgan fingerprint density at radius 3 is 2.92 bits per heavy atom. The zero-order valence-corrected chi connectivity index (χ0v) is 15.9. The minimum absolute atomic E-state index is 0.348. The van der Waals surface area contributed by atoms with Crippen LogP contribution in [-0.2, 0) is 4.74 Å². The van der Waals surface area contributed by atoms with Gasteiger partial charge in [-0.15, -0.1) is 11.3 Å². The summed E-state index contributed by atoms with van der Waals surface area (Å²) in [5.74, 6) is 2.51. The maximum atomic E-state index is 12.4.